The smallest absolute Gasteiger partial charge is 0.336 e. The number of aliphatic hydroxyl groups is 1. The van der Waals surface area contributed by atoms with Gasteiger partial charge >= 0.3 is 5.97 Å². The highest BCUT2D eigenvalue weighted by Gasteiger charge is 2.21. The van der Waals surface area contributed by atoms with Crippen molar-refractivity contribution in [1.82, 2.24) is 0 Å². The Labute approximate surface area is 38.7 Å². The minimum atomic E-state index is -1.89. The lowest BCUT2D eigenvalue weighted by Gasteiger charge is -1.99. The summed E-state index contributed by atoms with van der Waals surface area (Å²) >= 11 is 0. The summed E-state index contributed by atoms with van der Waals surface area (Å²) in [4.78, 5) is 0. The maximum atomic E-state index is 8.45. The van der Waals surface area contributed by atoms with Gasteiger partial charge in [0.2, 0.25) is 0 Å². The van der Waals surface area contributed by atoms with Crippen LogP contribution in [0, 0.1) is 0 Å². The lowest BCUT2D eigenvalue weighted by Crippen LogP contribution is -2.32. The summed E-state index contributed by atoms with van der Waals surface area (Å²) in [5.74, 6) is -1.89. The van der Waals surface area contributed by atoms with Gasteiger partial charge in [-0.1, -0.05) is 10.2 Å². The molecule has 0 aromatic rings. The average molecular weight is 101 g/mol. The van der Waals surface area contributed by atoms with Crippen molar-refractivity contribution in [3.05, 3.63) is 0 Å². The van der Waals surface area contributed by atoms with E-state index in [-0.39, 0.29) is 0 Å². The van der Waals surface area contributed by atoms with Crippen molar-refractivity contribution in [3.63, 3.8) is 0 Å². The fourth-order valence-corrected chi connectivity index (χ4v) is 0.192. The quantitative estimate of drug-likeness (QED) is 0.398. The average Bonchev–Trinajstić information content (AvgIpc) is 1.84. The van der Waals surface area contributed by atoms with E-state index in [0.29, 0.717) is 0 Å². The van der Waals surface area contributed by atoms with Gasteiger partial charge < -0.3 is 5.11 Å². The van der Waals surface area contributed by atoms with Gasteiger partial charge in [0.15, 0.2) is 0 Å². The zero-order valence-corrected chi connectivity index (χ0v) is 3.31. The molecule has 0 saturated heterocycles. The fraction of sp³-hybridized carbons (Fsp3) is 1.00. The SMILES string of the molecule is NC1(O)N=NN=N1. The van der Waals surface area contributed by atoms with E-state index >= 15 is 0 Å². The second-order valence-electron chi connectivity index (χ2n) is 1.07. The number of rotatable bonds is 0. The third-order valence-corrected chi connectivity index (χ3v) is 0.424. The topological polar surface area (TPSA) is 95.7 Å². The van der Waals surface area contributed by atoms with Gasteiger partial charge in [0.25, 0.3) is 0 Å². The van der Waals surface area contributed by atoms with E-state index < -0.39 is 5.97 Å². The summed E-state index contributed by atoms with van der Waals surface area (Å²) in [6, 6.07) is 0. The van der Waals surface area contributed by atoms with Crippen LogP contribution < -0.4 is 5.73 Å². The highest BCUT2D eigenvalue weighted by atomic mass is 16.3. The molecule has 1 heterocycles. The van der Waals surface area contributed by atoms with Crippen molar-refractivity contribution in [3.8, 4) is 0 Å². The highest BCUT2D eigenvalue weighted by molar-refractivity contribution is 4.59. The first-order chi connectivity index (χ1) is 3.21. The predicted molar refractivity (Wildman–Crippen MR) is 18.8 cm³/mol. The van der Waals surface area contributed by atoms with Gasteiger partial charge in [-0.2, -0.15) is 0 Å². The molecular formula is CH3N5O. The molecule has 0 atom stereocenters. The molecule has 38 valence electrons. The molecule has 0 fully saturated rings. The van der Waals surface area contributed by atoms with Crippen LogP contribution >= 0.6 is 0 Å². The van der Waals surface area contributed by atoms with Crippen LogP contribution in [0.25, 0.3) is 0 Å². The summed E-state index contributed by atoms with van der Waals surface area (Å²) in [6.07, 6.45) is 0. The first-order valence-corrected chi connectivity index (χ1v) is 1.56. The Morgan fingerprint density at radius 3 is 1.86 bits per heavy atom. The van der Waals surface area contributed by atoms with Crippen molar-refractivity contribution in [1.29, 1.82) is 0 Å². The molecule has 0 radical (unpaired) electrons. The normalized spacial score (nSPS) is 23.7. The zero-order chi connectivity index (χ0) is 5.33. The van der Waals surface area contributed by atoms with Crippen LogP contribution in [0.3, 0.4) is 0 Å². The maximum Gasteiger partial charge on any atom is 0.354 e. The number of hydrogen-bond donors (Lipinski definition) is 2. The third kappa shape index (κ3) is 0.756. The van der Waals surface area contributed by atoms with Gasteiger partial charge in [-0.05, 0) is 10.4 Å². The van der Waals surface area contributed by atoms with Crippen LogP contribution in [0.1, 0.15) is 0 Å². The molecule has 0 saturated carbocycles. The highest BCUT2D eigenvalue weighted by Crippen LogP contribution is 2.07. The van der Waals surface area contributed by atoms with Gasteiger partial charge in [-0.25, -0.2) is 0 Å². The van der Waals surface area contributed by atoms with Gasteiger partial charge in [-0.3, -0.25) is 5.73 Å². The van der Waals surface area contributed by atoms with Crippen molar-refractivity contribution < 1.29 is 5.11 Å². The minimum absolute atomic E-state index is 1.89. The Hall–Kier alpha value is -0.880. The standard InChI is InChI=1S/CH3N5O/c2-1(7)3-5-6-4-1/h7H,2H2. The van der Waals surface area contributed by atoms with Crippen molar-refractivity contribution in [2.24, 2.45) is 26.4 Å². The molecule has 1 rings (SSSR count). The third-order valence-electron chi connectivity index (χ3n) is 0.424. The zero-order valence-electron chi connectivity index (χ0n) is 3.31. The van der Waals surface area contributed by atoms with Gasteiger partial charge in [-0.15, -0.1) is 0 Å². The van der Waals surface area contributed by atoms with E-state index in [1.54, 1.807) is 0 Å². The molecule has 0 amide bonds. The van der Waals surface area contributed by atoms with Crippen molar-refractivity contribution in [2.45, 2.75) is 5.97 Å². The second kappa shape index (κ2) is 1.04. The largest absolute Gasteiger partial charge is 0.354 e. The lowest BCUT2D eigenvalue weighted by atomic mass is 10.8. The summed E-state index contributed by atoms with van der Waals surface area (Å²) in [7, 11) is 0. The molecule has 1 aliphatic heterocycles. The number of nitrogens with two attached hydrogens (primary N) is 1. The predicted octanol–water partition coefficient (Wildman–Crippen LogP) is -0.618. The molecule has 7 heavy (non-hydrogen) atoms. The van der Waals surface area contributed by atoms with Crippen molar-refractivity contribution in [2.75, 3.05) is 0 Å². The Kier molecular flexibility index (Phi) is 0.639. The lowest BCUT2D eigenvalue weighted by molar-refractivity contribution is 0.0632. The number of hydrogen-bond acceptors (Lipinski definition) is 6. The van der Waals surface area contributed by atoms with Crippen LogP contribution in [-0.2, 0) is 0 Å². The second-order valence-corrected chi connectivity index (χ2v) is 1.07. The molecule has 0 aromatic heterocycles. The molecule has 6 heteroatoms. The van der Waals surface area contributed by atoms with Crippen LogP contribution in [0.2, 0.25) is 0 Å². The first-order valence-electron chi connectivity index (χ1n) is 1.56. The van der Waals surface area contributed by atoms with E-state index in [1.165, 1.54) is 0 Å². The van der Waals surface area contributed by atoms with Crippen LogP contribution in [0.4, 0.5) is 0 Å². The summed E-state index contributed by atoms with van der Waals surface area (Å²) in [6.45, 7) is 0. The van der Waals surface area contributed by atoms with Gasteiger partial charge in [0.05, 0.1) is 0 Å². The minimum Gasteiger partial charge on any atom is -0.336 e. The van der Waals surface area contributed by atoms with E-state index in [0.717, 1.165) is 0 Å². The van der Waals surface area contributed by atoms with Crippen LogP contribution in [0.5, 0.6) is 0 Å². The van der Waals surface area contributed by atoms with E-state index in [4.69, 9.17) is 10.8 Å². The monoisotopic (exact) mass is 101 g/mol. The Bertz CT molecular complexity index is 110. The first kappa shape index (κ1) is 4.28. The molecule has 1 aliphatic rings. The van der Waals surface area contributed by atoms with Gasteiger partial charge in [0, 0.05) is 0 Å². The Morgan fingerprint density at radius 2 is 1.71 bits per heavy atom. The van der Waals surface area contributed by atoms with Gasteiger partial charge in [0.1, 0.15) is 0 Å². The Morgan fingerprint density at radius 1 is 1.29 bits per heavy atom. The molecule has 0 spiro atoms. The fourth-order valence-electron chi connectivity index (χ4n) is 0.192. The Balaban J connectivity index is 2.77. The molecule has 0 aliphatic carbocycles. The molecule has 0 bridgehead atoms. The summed E-state index contributed by atoms with van der Waals surface area (Å²) in [5.41, 5.74) is 4.81. The van der Waals surface area contributed by atoms with Crippen molar-refractivity contribution >= 4 is 0 Å². The molecular weight excluding hydrogens is 98.0 g/mol. The molecule has 6 nitrogen and oxygen atoms in total. The van der Waals surface area contributed by atoms with Crippen LogP contribution in [0.15, 0.2) is 20.7 Å². The maximum absolute atomic E-state index is 8.45. The molecule has 3 N–H and O–H groups in total. The van der Waals surface area contributed by atoms with E-state index in [1.807, 2.05) is 0 Å². The van der Waals surface area contributed by atoms with E-state index in [9.17, 15) is 0 Å². The molecule has 0 unspecified atom stereocenters. The van der Waals surface area contributed by atoms with Crippen LogP contribution in [-0.4, -0.2) is 11.1 Å². The van der Waals surface area contributed by atoms with E-state index in [2.05, 4.69) is 20.7 Å². The number of nitrogens with zero attached hydrogens (tertiary/aromatic N) is 4. The summed E-state index contributed by atoms with van der Waals surface area (Å²) in [5, 5.41) is 20.3. The molecule has 0 aromatic carbocycles. The summed E-state index contributed by atoms with van der Waals surface area (Å²) < 4.78 is 0.